The molecule has 0 spiro atoms. The van der Waals surface area contributed by atoms with Crippen molar-refractivity contribution in [3.8, 4) is 0 Å². The van der Waals surface area contributed by atoms with Crippen molar-refractivity contribution < 1.29 is 5.11 Å². The molecule has 1 heterocycles. The van der Waals surface area contributed by atoms with E-state index >= 15 is 0 Å². The molecule has 0 fully saturated rings. The molecule has 0 bridgehead atoms. The molecule has 5 heteroatoms. The highest BCUT2D eigenvalue weighted by atomic mass is 35.5. The molecule has 0 aliphatic heterocycles. The maximum atomic E-state index is 10.2. The molecule has 0 aliphatic carbocycles. The van der Waals surface area contributed by atoms with Gasteiger partial charge >= 0.3 is 0 Å². The average molecular weight is 294 g/mol. The molecule has 2 rings (SSSR count). The molecule has 0 aliphatic rings. The van der Waals surface area contributed by atoms with Crippen molar-refractivity contribution in [2.45, 2.75) is 32.8 Å². The molecule has 2 N–H and O–H groups in total. The second kappa shape index (κ2) is 6.86. The summed E-state index contributed by atoms with van der Waals surface area (Å²) in [5.41, 5.74) is 0.798. The van der Waals surface area contributed by atoms with Crippen molar-refractivity contribution in [1.29, 1.82) is 0 Å². The third-order valence-corrected chi connectivity index (χ3v) is 3.82. The predicted molar refractivity (Wildman–Crippen MR) is 83.1 cm³/mol. The van der Waals surface area contributed by atoms with Crippen LogP contribution in [0, 0.1) is 5.92 Å². The Labute approximate surface area is 124 Å². The van der Waals surface area contributed by atoms with E-state index in [9.17, 15) is 5.11 Å². The minimum atomic E-state index is -0.391. The average Bonchev–Trinajstić information content (AvgIpc) is 2.45. The molecule has 1 unspecified atom stereocenters. The van der Waals surface area contributed by atoms with Gasteiger partial charge in [0.2, 0.25) is 5.28 Å². The molecular formula is C15H20ClN3O. The van der Waals surface area contributed by atoms with Gasteiger partial charge in [0.25, 0.3) is 0 Å². The molecule has 0 radical (unpaired) electrons. The highest BCUT2D eigenvalue weighted by Gasteiger charge is 2.16. The van der Waals surface area contributed by atoms with Crippen LogP contribution in [0.25, 0.3) is 10.9 Å². The number of hydrogen-bond acceptors (Lipinski definition) is 4. The Morgan fingerprint density at radius 2 is 1.90 bits per heavy atom. The first-order chi connectivity index (χ1) is 9.65. The van der Waals surface area contributed by atoms with Crippen molar-refractivity contribution in [3.05, 3.63) is 29.5 Å². The van der Waals surface area contributed by atoms with Crippen LogP contribution in [0.15, 0.2) is 24.3 Å². The van der Waals surface area contributed by atoms with Gasteiger partial charge in [-0.1, -0.05) is 38.8 Å². The lowest BCUT2D eigenvalue weighted by Crippen LogP contribution is -2.28. The number of benzene rings is 1. The number of rotatable bonds is 6. The summed E-state index contributed by atoms with van der Waals surface area (Å²) in [6, 6.07) is 7.68. The van der Waals surface area contributed by atoms with E-state index < -0.39 is 6.10 Å². The van der Waals surface area contributed by atoms with E-state index in [1.54, 1.807) is 0 Å². The van der Waals surface area contributed by atoms with Crippen LogP contribution in [-0.4, -0.2) is 27.7 Å². The molecule has 20 heavy (non-hydrogen) atoms. The zero-order valence-corrected chi connectivity index (χ0v) is 12.6. The summed E-state index contributed by atoms with van der Waals surface area (Å²) in [5.74, 6) is 0.969. The minimum absolute atomic E-state index is 0.211. The van der Waals surface area contributed by atoms with E-state index in [0.29, 0.717) is 18.3 Å². The van der Waals surface area contributed by atoms with Gasteiger partial charge in [-0.2, -0.15) is 0 Å². The molecule has 0 saturated carbocycles. The van der Waals surface area contributed by atoms with Crippen LogP contribution in [0.4, 0.5) is 5.82 Å². The fraction of sp³-hybridized carbons (Fsp3) is 0.467. The molecule has 4 nitrogen and oxygen atoms in total. The maximum Gasteiger partial charge on any atom is 0.224 e. The number of halogens is 1. The first-order valence-corrected chi connectivity index (χ1v) is 7.37. The second-order valence-corrected chi connectivity index (χ2v) is 5.22. The summed E-state index contributed by atoms with van der Waals surface area (Å²) in [4.78, 5) is 8.40. The lowest BCUT2D eigenvalue weighted by atomic mass is 9.96. The number of nitrogens with zero attached hydrogens (tertiary/aromatic N) is 2. The van der Waals surface area contributed by atoms with Crippen molar-refractivity contribution in [2.75, 3.05) is 11.9 Å². The largest absolute Gasteiger partial charge is 0.391 e. The first kappa shape index (κ1) is 15.0. The molecule has 1 atom stereocenters. The predicted octanol–water partition coefficient (Wildman–Crippen LogP) is 3.49. The van der Waals surface area contributed by atoms with E-state index in [4.69, 9.17) is 11.6 Å². The summed E-state index contributed by atoms with van der Waals surface area (Å²) in [5, 5.41) is 14.5. The smallest absolute Gasteiger partial charge is 0.224 e. The highest BCUT2D eigenvalue weighted by molar-refractivity contribution is 6.28. The Kier molecular flexibility index (Phi) is 5.15. The summed E-state index contributed by atoms with van der Waals surface area (Å²) in [6.45, 7) is 4.65. The fourth-order valence-electron chi connectivity index (χ4n) is 2.38. The third-order valence-electron chi connectivity index (χ3n) is 3.65. The zero-order chi connectivity index (χ0) is 14.5. The SMILES string of the molecule is CCC(CC)C(O)CNc1nc(Cl)nc2ccccc12. The Bertz CT molecular complexity index is 572. The van der Waals surface area contributed by atoms with Crippen LogP contribution in [0.5, 0.6) is 0 Å². The van der Waals surface area contributed by atoms with Gasteiger partial charge in [-0.25, -0.2) is 9.97 Å². The summed E-state index contributed by atoms with van der Waals surface area (Å²) >= 11 is 5.93. The minimum Gasteiger partial charge on any atom is -0.391 e. The Morgan fingerprint density at radius 3 is 2.60 bits per heavy atom. The fourth-order valence-corrected chi connectivity index (χ4v) is 2.56. The highest BCUT2D eigenvalue weighted by Crippen LogP contribution is 2.22. The van der Waals surface area contributed by atoms with Crippen LogP contribution in [0.3, 0.4) is 0 Å². The molecule has 108 valence electrons. The Hall–Kier alpha value is -1.39. The van der Waals surface area contributed by atoms with Crippen molar-refractivity contribution in [1.82, 2.24) is 9.97 Å². The monoisotopic (exact) mass is 293 g/mol. The number of hydrogen-bond donors (Lipinski definition) is 2. The molecule has 1 aromatic carbocycles. The Balaban J connectivity index is 2.17. The van der Waals surface area contributed by atoms with Crippen LogP contribution in [-0.2, 0) is 0 Å². The topological polar surface area (TPSA) is 58.0 Å². The van der Waals surface area contributed by atoms with Gasteiger partial charge < -0.3 is 10.4 Å². The van der Waals surface area contributed by atoms with Crippen LogP contribution in [0.2, 0.25) is 5.28 Å². The number of fused-ring (bicyclic) bond motifs is 1. The van der Waals surface area contributed by atoms with Crippen LogP contribution in [0.1, 0.15) is 26.7 Å². The van der Waals surface area contributed by atoms with E-state index in [-0.39, 0.29) is 5.28 Å². The summed E-state index contributed by atoms with van der Waals surface area (Å²) in [7, 11) is 0. The molecule has 0 amide bonds. The Morgan fingerprint density at radius 1 is 1.20 bits per heavy atom. The van der Waals surface area contributed by atoms with Crippen LogP contribution >= 0.6 is 11.6 Å². The number of nitrogens with one attached hydrogen (secondary N) is 1. The number of para-hydroxylation sites is 1. The van der Waals surface area contributed by atoms with Gasteiger partial charge in [-0.05, 0) is 29.7 Å². The van der Waals surface area contributed by atoms with Gasteiger partial charge in [-0.3, -0.25) is 0 Å². The molecular weight excluding hydrogens is 274 g/mol. The third kappa shape index (κ3) is 3.38. The number of aliphatic hydroxyl groups excluding tert-OH is 1. The van der Waals surface area contributed by atoms with Crippen molar-refractivity contribution in [2.24, 2.45) is 5.92 Å². The van der Waals surface area contributed by atoms with E-state index in [1.165, 1.54) is 0 Å². The molecule has 2 aromatic rings. The van der Waals surface area contributed by atoms with Gasteiger partial charge in [0.05, 0.1) is 11.6 Å². The number of aliphatic hydroxyl groups is 1. The van der Waals surface area contributed by atoms with Gasteiger partial charge in [0.1, 0.15) is 5.82 Å². The second-order valence-electron chi connectivity index (χ2n) is 4.88. The summed E-state index contributed by atoms with van der Waals surface area (Å²) in [6.07, 6.45) is 1.53. The van der Waals surface area contributed by atoms with Gasteiger partial charge in [0.15, 0.2) is 0 Å². The molecule has 1 aromatic heterocycles. The van der Waals surface area contributed by atoms with Crippen molar-refractivity contribution in [3.63, 3.8) is 0 Å². The van der Waals surface area contributed by atoms with Crippen molar-refractivity contribution >= 4 is 28.3 Å². The number of aromatic nitrogens is 2. The van der Waals surface area contributed by atoms with E-state index in [1.807, 2.05) is 24.3 Å². The normalized spacial score (nSPS) is 12.8. The van der Waals surface area contributed by atoms with E-state index in [2.05, 4.69) is 29.1 Å². The first-order valence-electron chi connectivity index (χ1n) is 6.99. The quantitative estimate of drug-likeness (QED) is 0.801. The molecule has 0 saturated heterocycles. The number of anilines is 1. The zero-order valence-electron chi connectivity index (χ0n) is 11.8. The van der Waals surface area contributed by atoms with Gasteiger partial charge in [-0.15, -0.1) is 0 Å². The summed E-state index contributed by atoms with van der Waals surface area (Å²) < 4.78 is 0. The lowest BCUT2D eigenvalue weighted by Gasteiger charge is -2.21. The lowest BCUT2D eigenvalue weighted by molar-refractivity contribution is 0.114. The van der Waals surface area contributed by atoms with Crippen LogP contribution < -0.4 is 5.32 Å². The standard InChI is InChI=1S/C15H20ClN3O/c1-3-10(4-2)13(20)9-17-14-11-7-5-6-8-12(11)18-15(16)19-14/h5-8,10,13,20H,3-4,9H2,1-2H3,(H,17,18,19). The van der Waals surface area contributed by atoms with Gasteiger partial charge in [0, 0.05) is 11.9 Å². The van der Waals surface area contributed by atoms with E-state index in [0.717, 1.165) is 23.7 Å². The maximum absolute atomic E-state index is 10.2.